The molecule has 238 valence electrons. The normalized spacial score (nSPS) is 17.2. The van der Waals surface area contributed by atoms with Crippen molar-refractivity contribution >= 4 is 28.4 Å². The Hall–Kier alpha value is -4.48. The van der Waals surface area contributed by atoms with Crippen LogP contribution in [0.15, 0.2) is 97.5 Å². The number of pyridine rings is 1. The van der Waals surface area contributed by atoms with E-state index in [0.717, 1.165) is 15.8 Å². The molecular weight excluding hydrogens is 617 g/mol. The Morgan fingerprint density at radius 1 is 0.978 bits per heavy atom. The van der Waals surface area contributed by atoms with Gasteiger partial charge in [0.15, 0.2) is 0 Å². The third kappa shape index (κ3) is 7.16. The Kier molecular flexibility index (Phi) is 9.51. The summed E-state index contributed by atoms with van der Waals surface area (Å²) in [5.74, 6) is -1.24. The quantitative estimate of drug-likeness (QED) is 0.172. The fourth-order valence-corrected chi connectivity index (χ4v) is 6.35. The third-order valence-electron chi connectivity index (χ3n) is 8.38. The zero-order chi connectivity index (χ0) is 32.1. The average molecular weight is 649 g/mol. The van der Waals surface area contributed by atoms with Gasteiger partial charge in [-0.2, -0.15) is 23.0 Å². The van der Waals surface area contributed by atoms with Crippen molar-refractivity contribution in [2.75, 3.05) is 19.7 Å². The maximum absolute atomic E-state index is 14.0. The lowest BCUT2D eigenvalue weighted by Crippen LogP contribution is -2.55. The highest BCUT2D eigenvalue weighted by Crippen LogP contribution is 2.31. The molecule has 0 radical (unpaired) electrons. The van der Waals surface area contributed by atoms with Gasteiger partial charge in [0.25, 0.3) is 0 Å². The van der Waals surface area contributed by atoms with Crippen LogP contribution in [0.1, 0.15) is 24.0 Å². The molecule has 1 aliphatic heterocycles. The molecule has 0 saturated carbocycles. The van der Waals surface area contributed by atoms with Gasteiger partial charge >= 0.3 is 12.1 Å². The van der Waals surface area contributed by atoms with Gasteiger partial charge in [-0.15, -0.1) is 0 Å². The summed E-state index contributed by atoms with van der Waals surface area (Å²) < 4.78 is 49.8. The molecule has 2 aromatic heterocycles. The number of para-hydroxylation sites is 3. The average Bonchev–Trinajstić information content (AvgIpc) is 3.49. The zero-order valence-electron chi connectivity index (χ0n) is 24.9. The van der Waals surface area contributed by atoms with E-state index in [2.05, 4.69) is 20.0 Å². The molecule has 2 atom stereocenters. The Morgan fingerprint density at radius 2 is 1.74 bits per heavy atom. The van der Waals surface area contributed by atoms with Crippen LogP contribution in [0, 0.1) is 0 Å². The molecule has 0 unspecified atom stereocenters. The van der Waals surface area contributed by atoms with E-state index in [1.807, 2.05) is 78.9 Å². The summed E-state index contributed by atoms with van der Waals surface area (Å²) in [6.45, 7) is 1.20. The predicted octanol–water partition coefficient (Wildman–Crippen LogP) is 6.51. The van der Waals surface area contributed by atoms with E-state index in [-0.39, 0.29) is 17.9 Å². The number of nitrogens with zero attached hydrogens (tertiary/aromatic N) is 6. The van der Waals surface area contributed by atoms with Crippen molar-refractivity contribution in [1.29, 1.82) is 0 Å². The van der Waals surface area contributed by atoms with Gasteiger partial charge in [-0.3, -0.25) is 14.7 Å². The first-order chi connectivity index (χ1) is 22.3. The molecule has 46 heavy (non-hydrogen) atoms. The molecule has 0 spiro atoms. The summed E-state index contributed by atoms with van der Waals surface area (Å²) >= 11 is 6.19. The molecule has 1 aliphatic rings. The molecule has 6 rings (SSSR count). The van der Waals surface area contributed by atoms with E-state index in [9.17, 15) is 18.0 Å². The number of ether oxygens (including phenoxy) is 1. The highest BCUT2D eigenvalue weighted by Gasteiger charge is 2.46. The largest absolute Gasteiger partial charge is 0.490 e. The van der Waals surface area contributed by atoms with Crippen molar-refractivity contribution in [3.05, 3.63) is 114 Å². The Balaban J connectivity index is 1.22. The SMILES string of the molecule is O=C(N(Cc1ccnc2ccccc12)[C@H]1CCN(CCOc2ccccc2-n2ncnc2Cl)[C@H](Cc2ccccc2)C1)C(F)(F)F. The predicted molar refractivity (Wildman–Crippen MR) is 169 cm³/mol. The van der Waals surface area contributed by atoms with Crippen LogP contribution in [0.2, 0.25) is 5.28 Å². The molecule has 0 N–H and O–H groups in total. The summed E-state index contributed by atoms with van der Waals surface area (Å²) in [4.78, 5) is 24.5. The molecule has 5 aromatic rings. The maximum Gasteiger partial charge on any atom is 0.471 e. The van der Waals surface area contributed by atoms with Gasteiger partial charge in [-0.25, -0.2) is 4.98 Å². The molecule has 0 bridgehead atoms. The van der Waals surface area contributed by atoms with Gasteiger partial charge in [-0.05, 0) is 66.3 Å². The number of hydrogen-bond donors (Lipinski definition) is 0. The van der Waals surface area contributed by atoms with Gasteiger partial charge in [0.05, 0.1) is 5.52 Å². The Bertz CT molecular complexity index is 1780. The van der Waals surface area contributed by atoms with Crippen molar-refractivity contribution in [3.63, 3.8) is 0 Å². The standard InChI is InChI=1S/C34H32ClF3N6O2/c35-33-40-23-41-44(33)30-12-6-7-13-31(30)46-19-18-42-17-15-26(21-27(42)20-24-8-2-1-3-9-24)43(32(45)34(36,37)38)22-25-14-16-39-29-11-5-4-10-28(25)29/h1-14,16,23,26-27H,15,17-22H2/t26-,27+/m0/s1. The molecule has 8 nitrogen and oxygen atoms in total. The Labute approximate surface area is 269 Å². The first-order valence-electron chi connectivity index (χ1n) is 15.0. The van der Waals surface area contributed by atoms with Crippen LogP contribution >= 0.6 is 11.6 Å². The minimum atomic E-state index is -5.00. The van der Waals surface area contributed by atoms with Gasteiger partial charge in [-0.1, -0.05) is 60.7 Å². The number of carbonyl (C=O) groups excluding carboxylic acids is 1. The molecule has 3 heterocycles. The van der Waals surface area contributed by atoms with E-state index in [0.29, 0.717) is 61.5 Å². The van der Waals surface area contributed by atoms with Crippen LogP contribution in [0.3, 0.4) is 0 Å². The molecular formula is C34H32ClF3N6O2. The molecule has 1 saturated heterocycles. The topological polar surface area (TPSA) is 76.4 Å². The third-order valence-corrected chi connectivity index (χ3v) is 8.64. The summed E-state index contributed by atoms with van der Waals surface area (Å²) in [5, 5.41) is 5.11. The number of carbonyl (C=O) groups is 1. The minimum Gasteiger partial charge on any atom is -0.490 e. The first kappa shape index (κ1) is 31.5. The van der Waals surface area contributed by atoms with Crippen LogP contribution in [0.5, 0.6) is 5.75 Å². The van der Waals surface area contributed by atoms with E-state index in [1.165, 1.54) is 11.0 Å². The fraction of sp³-hybridized carbons (Fsp3) is 0.294. The number of hydrogen-bond acceptors (Lipinski definition) is 6. The van der Waals surface area contributed by atoms with Gasteiger partial charge in [0.1, 0.15) is 24.4 Å². The van der Waals surface area contributed by atoms with Crippen molar-refractivity contribution in [2.24, 2.45) is 0 Å². The van der Waals surface area contributed by atoms with Gasteiger partial charge < -0.3 is 9.64 Å². The second kappa shape index (κ2) is 13.9. The Morgan fingerprint density at radius 3 is 2.52 bits per heavy atom. The lowest BCUT2D eigenvalue weighted by Gasteiger charge is -2.44. The van der Waals surface area contributed by atoms with Crippen molar-refractivity contribution < 1.29 is 22.7 Å². The van der Waals surface area contributed by atoms with Crippen molar-refractivity contribution in [3.8, 4) is 11.4 Å². The van der Waals surface area contributed by atoms with E-state index >= 15 is 0 Å². The van der Waals surface area contributed by atoms with Crippen LogP contribution in [0.25, 0.3) is 16.6 Å². The van der Waals surface area contributed by atoms with Gasteiger partial charge in [0, 0.05) is 43.3 Å². The summed E-state index contributed by atoms with van der Waals surface area (Å²) in [7, 11) is 0. The number of amides is 1. The van der Waals surface area contributed by atoms with Gasteiger partial charge in [0.2, 0.25) is 5.28 Å². The van der Waals surface area contributed by atoms with Crippen molar-refractivity contribution in [2.45, 2.75) is 44.1 Å². The summed E-state index contributed by atoms with van der Waals surface area (Å²) in [5.41, 5.74) is 3.02. The highest BCUT2D eigenvalue weighted by molar-refractivity contribution is 6.28. The number of halogens is 4. The first-order valence-corrected chi connectivity index (χ1v) is 15.4. The number of alkyl halides is 3. The second-order valence-electron chi connectivity index (χ2n) is 11.2. The molecule has 12 heteroatoms. The minimum absolute atomic E-state index is 0.123. The van der Waals surface area contributed by atoms with Crippen LogP contribution in [-0.2, 0) is 17.8 Å². The van der Waals surface area contributed by atoms with Crippen molar-refractivity contribution in [1.82, 2.24) is 29.5 Å². The number of likely N-dealkylation sites (tertiary alicyclic amines) is 1. The molecule has 3 aromatic carbocycles. The number of aromatic nitrogens is 4. The molecule has 1 fully saturated rings. The lowest BCUT2D eigenvalue weighted by atomic mass is 9.90. The number of benzene rings is 3. The molecule has 0 aliphatic carbocycles. The lowest BCUT2D eigenvalue weighted by molar-refractivity contribution is -0.189. The van der Waals surface area contributed by atoms with E-state index in [1.54, 1.807) is 12.3 Å². The van der Waals surface area contributed by atoms with E-state index in [4.69, 9.17) is 16.3 Å². The fourth-order valence-electron chi connectivity index (χ4n) is 6.18. The number of piperidine rings is 1. The van der Waals surface area contributed by atoms with E-state index < -0.39 is 18.1 Å². The van der Waals surface area contributed by atoms with Crippen LogP contribution in [-0.4, -0.2) is 73.4 Å². The highest BCUT2D eigenvalue weighted by atomic mass is 35.5. The molecule has 1 amide bonds. The summed E-state index contributed by atoms with van der Waals surface area (Å²) in [6.07, 6.45) is -0.672. The monoisotopic (exact) mass is 648 g/mol. The second-order valence-corrected chi connectivity index (χ2v) is 11.6. The summed E-state index contributed by atoms with van der Waals surface area (Å²) in [6, 6.07) is 25.4. The maximum atomic E-state index is 14.0. The van der Waals surface area contributed by atoms with Crippen LogP contribution in [0.4, 0.5) is 13.2 Å². The number of rotatable bonds is 10. The number of fused-ring (bicyclic) bond motifs is 1. The van der Waals surface area contributed by atoms with Crippen LogP contribution < -0.4 is 4.74 Å². The zero-order valence-corrected chi connectivity index (χ0v) is 25.6. The smallest absolute Gasteiger partial charge is 0.471 e.